The summed E-state index contributed by atoms with van der Waals surface area (Å²) in [5.74, 6) is 1.27. The van der Waals surface area contributed by atoms with Crippen LogP contribution in [-0.2, 0) is 11.2 Å². The van der Waals surface area contributed by atoms with Gasteiger partial charge in [0.15, 0.2) is 5.82 Å². The maximum atomic E-state index is 12.1. The molecule has 3 N–H and O–H groups in total. The van der Waals surface area contributed by atoms with Crippen molar-refractivity contribution in [1.29, 1.82) is 0 Å². The zero-order valence-corrected chi connectivity index (χ0v) is 14.1. The molecule has 0 bridgehead atoms. The van der Waals surface area contributed by atoms with Crippen molar-refractivity contribution in [1.82, 2.24) is 31.3 Å². The van der Waals surface area contributed by atoms with Crippen LogP contribution in [0.25, 0.3) is 0 Å². The quantitative estimate of drug-likeness (QED) is 0.686. The van der Waals surface area contributed by atoms with E-state index in [2.05, 4.69) is 59.0 Å². The Labute approximate surface area is 132 Å². The molecule has 1 aromatic rings. The highest BCUT2D eigenvalue weighted by Crippen LogP contribution is 2.34. The van der Waals surface area contributed by atoms with Gasteiger partial charge in [-0.3, -0.25) is 4.79 Å². The fourth-order valence-electron chi connectivity index (χ4n) is 3.78. The van der Waals surface area contributed by atoms with E-state index in [9.17, 15) is 4.79 Å². The van der Waals surface area contributed by atoms with Gasteiger partial charge < -0.3 is 10.6 Å². The number of carbonyl (C=O) groups is 1. The Kier molecular flexibility index (Phi) is 5.16. The van der Waals surface area contributed by atoms with E-state index in [1.165, 1.54) is 0 Å². The van der Waals surface area contributed by atoms with E-state index in [-0.39, 0.29) is 17.0 Å². The SMILES string of the molecule is CC1(C)CC(CC(=O)NCCCc2nn[nH]n2)CC(C)(C)N1. The lowest BCUT2D eigenvalue weighted by Crippen LogP contribution is -2.58. The first kappa shape index (κ1) is 16.9. The Hall–Kier alpha value is -1.50. The number of nitrogens with zero attached hydrogens (tertiary/aromatic N) is 3. The summed E-state index contributed by atoms with van der Waals surface area (Å²) in [6, 6.07) is 0. The minimum Gasteiger partial charge on any atom is -0.356 e. The summed E-state index contributed by atoms with van der Waals surface area (Å²) in [6.07, 6.45) is 4.23. The minimum absolute atomic E-state index is 0.0886. The summed E-state index contributed by atoms with van der Waals surface area (Å²) in [7, 11) is 0. The molecule has 0 unspecified atom stereocenters. The van der Waals surface area contributed by atoms with Crippen LogP contribution in [0.2, 0.25) is 0 Å². The summed E-state index contributed by atoms with van der Waals surface area (Å²) in [5.41, 5.74) is 0.177. The molecule has 2 rings (SSSR count). The van der Waals surface area contributed by atoms with Crippen LogP contribution in [0.5, 0.6) is 0 Å². The van der Waals surface area contributed by atoms with Gasteiger partial charge in [-0.1, -0.05) is 5.21 Å². The maximum Gasteiger partial charge on any atom is 0.220 e. The number of amides is 1. The van der Waals surface area contributed by atoms with E-state index in [1.54, 1.807) is 0 Å². The third-order valence-electron chi connectivity index (χ3n) is 4.04. The van der Waals surface area contributed by atoms with Gasteiger partial charge in [-0.2, -0.15) is 5.21 Å². The number of piperidine rings is 1. The number of hydrogen-bond acceptors (Lipinski definition) is 5. The molecule has 1 fully saturated rings. The molecule has 0 radical (unpaired) electrons. The number of carbonyl (C=O) groups excluding carboxylic acids is 1. The maximum absolute atomic E-state index is 12.1. The number of tetrazole rings is 1. The van der Waals surface area contributed by atoms with Gasteiger partial charge >= 0.3 is 0 Å². The van der Waals surface area contributed by atoms with Gasteiger partial charge in [0.25, 0.3) is 0 Å². The molecule has 2 heterocycles. The highest BCUT2D eigenvalue weighted by atomic mass is 16.1. The van der Waals surface area contributed by atoms with Crippen LogP contribution in [0.3, 0.4) is 0 Å². The van der Waals surface area contributed by atoms with Crippen LogP contribution < -0.4 is 10.6 Å². The van der Waals surface area contributed by atoms with Crippen LogP contribution >= 0.6 is 0 Å². The summed E-state index contributed by atoms with van der Waals surface area (Å²) in [6.45, 7) is 9.51. The second kappa shape index (κ2) is 6.73. The summed E-state index contributed by atoms with van der Waals surface area (Å²) in [5, 5.41) is 20.4. The van der Waals surface area contributed by atoms with E-state index < -0.39 is 0 Å². The summed E-state index contributed by atoms with van der Waals surface area (Å²) >= 11 is 0. The van der Waals surface area contributed by atoms with Crippen LogP contribution in [0.4, 0.5) is 0 Å². The molecule has 7 nitrogen and oxygen atoms in total. The first-order valence-electron chi connectivity index (χ1n) is 8.04. The molecule has 0 spiro atoms. The van der Waals surface area contributed by atoms with Crippen molar-refractivity contribution in [3.8, 4) is 0 Å². The lowest BCUT2D eigenvalue weighted by atomic mass is 9.74. The zero-order valence-electron chi connectivity index (χ0n) is 14.1. The minimum atomic E-state index is 0.0886. The number of aryl methyl sites for hydroxylation is 1. The second-order valence-electron chi connectivity index (χ2n) is 7.65. The third kappa shape index (κ3) is 5.36. The van der Waals surface area contributed by atoms with Crippen LogP contribution in [-0.4, -0.2) is 44.2 Å². The monoisotopic (exact) mass is 308 g/mol. The molecular weight excluding hydrogens is 280 g/mol. The molecule has 1 aromatic heterocycles. The molecule has 1 amide bonds. The topological polar surface area (TPSA) is 95.6 Å². The highest BCUT2D eigenvalue weighted by Gasteiger charge is 2.38. The molecular formula is C15H28N6O. The van der Waals surface area contributed by atoms with Gasteiger partial charge in [0.2, 0.25) is 5.91 Å². The van der Waals surface area contributed by atoms with Crippen molar-refractivity contribution in [3.05, 3.63) is 5.82 Å². The number of aromatic nitrogens is 4. The van der Waals surface area contributed by atoms with E-state index in [0.29, 0.717) is 24.7 Å². The second-order valence-corrected chi connectivity index (χ2v) is 7.65. The number of hydrogen-bond donors (Lipinski definition) is 3. The van der Waals surface area contributed by atoms with Gasteiger partial charge in [-0.05, 0) is 52.9 Å². The van der Waals surface area contributed by atoms with Crippen LogP contribution in [0, 0.1) is 5.92 Å². The summed E-state index contributed by atoms with van der Waals surface area (Å²) < 4.78 is 0. The Bertz CT molecular complexity index is 466. The predicted molar refractivity (Wildman–Crippen MR) is 84.1 cm³/mol. The predicted octanol–water partition coefficient (Wildman–Crippen LogP) is 1.20. The fraction of sp³-hybridized carbons (Fsp3) is 0.867. The largest absolute Gasteiger partial charge is 0.356 e. The van der Waals surface area contributed by atoms with Gasteiger partial charge in [0.05, 0.1) is 0 Å². The van der Waals surface area contributed by atoms with E-state index in [1.807, 2.05) is 0 Å². The Morgan fingerprint density at radius 2 is 1.95 bits per heavy atom. The highest BCUT2D eigenvalue weighted by molar-refractivity contribution is 5.76. The Morgan fingerprint density at radius 3 is 2.55 bits per heavy atom. The van der Waals surface area contributed by atoms with Gasteiger partial charge in [-0.15, -0.1) is 10.2 Å². The van der Waals surface area contributed by atoms with Crippen LogP contribution in [0.15, 0.2) is 0 Å². The third-order valence-corrected chi connectivity index (χ3v) is 4.04. The number of H-pyrrole nitrogens is 1. The lowest BCUT2D eigenvalue weighted by molar-refractivity contribution is -0.122. The zero-order chi connectivity index (χ0) is 16.2. The average molecular weight is 308 g/mol. The fourth-order valence-corrected chi connectivity index (χ4v) is 3.78. The van der Waals surface area contributed by atoms with Crippen molar-refractivity contribution < 1.29 is 4.79 Å². The molecule has 7 heteroatoms. The lowest BCUT2D eigenvalue weighted by Gasteiger charge is -2.46. The average Bonchev–Trinajstić information content (AvgIpc) is 2.83. The number of rotatable bonds is 6. The first-order valence-corrected chi connectivity index (χ1v) is 8.04. The number of aromatic amines is 1. The summed E-state index contributed by atoms with van der Waals surface area (Å²) in [4.78, 5) is 12.1. The normalized spacial score (nSPS) is 20.7. The molecule has 1 aliphatic heterocycles. The van der Waals surface area contributed by atoms with Crippen LogP contribution in [0.1, 0.15) is 59.2 Å². The molecule has 0 saturated carbocycles. The van der Waals surface area contributed by atoms with Crippen molar-refractivity contribution in [2.75, 3.05) is 6.54 Å². The standard InChI is InChI=1S/C15H28N6O/c1-14(2)9-11(10-15(3,4)19-14)8-13(22)16-7-5-6-12-17-20-21-18-12/h11,19H,5-10H2,1-4H3,(H,16,22)(H,17,18,20,21). The van der Waals surface area contributed by atoms with Crippen molar-refractivity contribution in [3.63, 3.8) is 0 Å². The van der Waals surface area contributed by atoms with E-state index in [4.69, 9.17) is 0 Å². The molecule has 1 aliphatic rings. The molecule has 0 atom stereocenters. The van der Waals surface area contributed by atoms with E-state index in [0.717, 1.165) is 25.7 Å². The van der Waals surface area contributed by atoms with Gasteiger partial charge in [-0.25, -0.2) is 0 Å². The Balaban J connectivity index is 1.70. The smallest absolute Gasteiger partial charge is 0.220 e. The molecule has 22 heavy (non-hydrogen) atoms. The molecule has 0 aliphatic carbocycles. The van der Waals surface area contributed by atoms with Crippen molar-refractivity contribution >= 4 is 5.91 Å². The number of nitrogens with one attached hydrogen (secondary N) is 3. The Morgan fingerprint density at radius 1 is 1.27 bits per heavy atom. The van der Waals surface area contributed by atoms with Gasteiger partial charge in [0.1, 0.15) is 0 Å². The van der Waals surface area contributed by atoms with Gasteiger partial charge in [0, 0.05) is 30.5 Å². The van der Waals surface area contributed by atoms with E-state index >= 15 is 0 Å². The van der Waals surface area contributed by atoms with Crippen molar-refractivity contribution in [2.45, 2.75) is 70.9 Å². The molecule has 124 valence electrons. The van der Waals surface area contributed by atoms with Crippen molar-refractivity contribution in [2.24, 2.45) is 5.92 Å². The molecule has 0 aromatic carbocycles. The first-order chi connectivity index (χ1) is 10.3. The molecule has 1 saturated heterocycles.